The zero-order valence-electron chi connectivity index (χ0n) is 9.13. The Morgan fingerprint density at radius 3 is 2.60 bits per heavy atom. The van der Waals surface area contributed by atoms with Crippen LogP contribution in [0, 0.1) is 12.0 Å². The minimum Gasteiger partial charge on any atom is -0.512 e. The van der Waals surface area contributed by atoms with E-state index in [0.29, 0.717) is 11.5 Å². The topological polar surface area (TPSA) is 40.5 Å². The van der Waals surface area contributed by atoms with Gasteiger partial charge in [-0.3, -0.25) is 0 Å². The van der Waals surface area contributed by atoms with E-state index in [0.717, 1.165) is 50.5 Å². The molecule has 0 saturated heterocycles. The molecule has 1 unspecified atom stereocenters. The van der Waals surface area contributed by atoms with E-state index >= 15 is 0 Å². The van der Waals surface area contributed by atoms with Gasteiger partial charge in [-0.1, -0.05) is 6.42 Å². The summed E-state index contributed by atoms with van der Waals surface area (Å²) in [6.45, 7) is 0. The van der Waals surface area contributed by atoms with E-state index in [9.17, 15) is 10.2 Å². The van der Waals surface area contributed by atoms with Gasteiger partial charge in [-0.2, -0.15) is 0 Å². The zero-order chi connectivity index (χ0) is 10.7. The predicted octanol–water partition coefficient (Wildman–Crippen LogP) is 3.81. The molecule has 0 aromatic rings. The molecule has 2 N–H and O–H groups in total. The van der Waals surface area contributed by atoms with Gasteiger partial charge in [0.2, 0.25) is 0 Å². The highest BCUT2D eigenvalue weighted by Crippen LogP contribution is 2.35. The van der Waals surface area contributed by atoms with Gasteiger partial charge >= 0.3 is 0 Å². The number of rotatable bonds is 1. The normalized spacial score (nSPS) is 28.5. The molecule has 1 atom stereocenters. The molecule has 0 amide bonds. The van der Waals surface area contributed by atoms with Crippen molar-refractivity contribution in [3.8, 4) is 0 Å². The average molecular weight is 207 g/mol. The molecular weight excluding hydrogens is 188 g/mol. The van der Waals surface area contributed by atoms with Crippen molar-refractivity contribution in [3.05, 3.63) is 23.2 Å². The highest BCUT2D eigenvalue weighted by Gasteiger charge is 2.25. The van der Waals surface area contributed by atoms with Gasteiger partial charge in [0.15, 0.2) is 0 Å². The molecule has 2 rings (SSSR count). The van der Waals surface area contributed by atoms with Gasteiger partial charge in [-0.15, -0.1) is 0 Å². The highest BCUT2D eigenvalue weighted by molar-refractivity contribution is 5.21. The average Bonchev–Trinajstić information content (AvgIpc) is 2.44. The predicted molar refractivity (Wildman–Crippen MR) is 59.5 cm³/mol. The third-order valence-corrected chi connectivity index (χ3v) is 3.46. The molecule has 0 fully saturated rings. The third-order valence-electron chi connectivity index (χ3n) is 3.46. The Morgan fingerprint density at radius 1 is 1.00 bits per heavy atom. The summed E-state index contributed by atoms with van der Waals surface area (Å²) >= 11 is 0. The smallest absolute Gasteiger partial charge is 0.103 e. The van der Waals surface area contributed by atoms with Crippen LogP contribution in [0.1, 0.15) is 51.4 Å². The van der Waals surface area contributed by atoms with Crippen molar-refractivity contribution in [2.75, 3.05) is 0 Å². The van der Waals surface area contributed by atoms with Gasteiger partial charge in [-0.05, 0) is 50.2 Å². The largest absolute Gasteiger partial charge is 0.512 e. The van der Waals surface area contributed by atoms with E-state index in [2.05, 4.69) is 6.08 Å². The first-order chi connectivity index (χ1) is 7.29. The lowest BCUT2D eigenvalue weighted by atomic mass is 9.84. The summed E-state index contributed by atoms with van der Waals surface area (Å²) in [5.41, 5.74) is 1.08. The van der Waals surface area contributed by atoms with Crippen molar-refractivity contribution in [2.45, 2.75) is 51.4 Å². The minimum absolute atomic E-state index is 0.0665. The maximum absolute atomic E-state index is 9.95. The molecule has 1 radical (unpaired) electrons. The van der Waals surface area contributed by atoms with Crippen LogP contribution in [0.3, 0.4) is 0 Å². The minimum atomic E-state index is 0.0665. The van der Waals surface area contributed by atoms with Gasteiger partial charge in [0.1, 0.15) is 5.76 Å². The Bertz CT molecular complexity index is 289. The van der Waals surface area contributed by atoms with E-state index in [-0.39, 0.29) is 5.92 Å². The SMILES string of the molecule is OC1=[C]CCCC1C1=C(O)CCCCC1. The summed E-state index contributed by atoms with van der Waals surface area (Å²) in [7, 11) is 0. The Hall–Kier alpha value is -0.920. The second-order valence-electron chi connectivity index (χ2n) is 4.54. The lowest BCUT2D eigenvalue weighted by Crippen LogP contribution is -2.13. The monoisotopic (exact) mass is 207 g/mol. The molecule has 2 aliphatic carbocycles. The van der Waals surface area contributed by atoms with Crippen LogP contribution < -0.4 is 0 Å². The summed E-state index contributed by atoms with van der Waals surface area (Å²) in [6, 6.07) is 0. The van der Waals surface area contributed by atoms with E-state index in [4.69, 9.17) is 0 Å². The fourth-order valence-corrected chi connectivity index (χ4v) is 2.59. The molecule has 2 aliphatic rings. The quantitative estimate of drug-likeness (QED) is 0.686. The summed E-state index contributed by atoms with van der Waals surface area (Å²) < 4.78 is 0. The molecule has 83 valence electrons. The molecule has 0 heterocycles. The van der Waals surface area contributed by atoms with Crippen LogP contribution in [0.5, 0.6) is 0 Å². The van der Waals surface area contributed by atoms with Gasteiger partial charge in [0, 0.05) is 12.3 Å². The number of hydrogen-bond acceptors (Lipinski definition) is 2. The lowest BCUT2D eigenvalue weighted by Gasteiger charge is -2.23. The van der Waals surface area contributed by atoms with Gasteiger partial charge in [0.05, 0.1) is 5.76 Å². The van der Waals surface area contributed by atoms with E-state index in [1.807, 2.05) is 0 Å². The summed E-state index contributed by atoms with van der Waals surface area (Å²) in [6.07, 6.45) is 11.0. The van der Waals surface area contributed by atoms with Crippen LogP contribution in [-0.2, 0) is 0 Å². The molecule has 2 nitrogen and oxygen atoms in total. The maximum Gasteiger partial charge on any atom is 0.103 e. The van der Waals surface area contributed by atoms with Crippen molar-refractivity contribution in [2.24, 2.45) is 5.92 Å². The fraction of sp³-hybridized carbons (Fsp3) is 0.692. The second kappa shape index (κ2) is 4.73. The second-order valence-corrected chi connectivity index (χ2v) is 4.54. The summed E-state index contributed by atoms with van der Waals surface area (Å²) in [5.74, 6) is 0.967. The fourth-order valence-electron chi connectivity index (χ4n) is 2.59. The van der Waals surface area contributed by atoms with Crippen LogP contribution in [-0.4, -0.2) is 10.2 Å². The van der Waals surface area contributed by atoms with Crippen molar-refractivity contribution in [3.63, 3.8) is 0 Å². The van der Waals surface area contributed by atoms with E-state index < -0.39 is 0 Å². The van der Waals surface area contributed by atoms with Gasteiger partial charge in [0.25, 0.3) is 0 Å². The molecular formula is C13H19O2. The number of allylic oxidation sites excluding steroid dienone is 3. The summed E-state index contributed by atoms with van der Waals surface area (Å²) in [4.78, 5) is 0. The Kier molecular flexibility index (Phi) is 3.34. The van der Waals surface area contributed by atoms with Crippen LogP contribution >= 0.6 is 0 Å². The Morgan fingerprint density at radius 2 is 1.80 bits per heavy atom. The first-order valence-electron chi connectivity index (χ1n) is 5.99. The summed E-state index contributed by atoms with van der Waals surface area (Å²) in [5, 5.41) is 19.7. The molecule has 0 saturated carbocycles. The van der Waals surface area contributed by atoms with E-state index in [1.54, 1.807) is 0 Å². The molecule has 0 aromatic carbocycles. The van der Waals surface area contributed by atoms with Crippen molar-refractivity contribution in [1.82, 2.24) is 0 Å². The van der Waals surface area contributed by atoms with Crippen LogP contribution in [0.2, 0.25) is 0 Å². The number of aliphatic hydroxyl groups excluding tert-OH is 2. The lowest BCUT2D eigenvalue weighted by molar-refractivity contribution is 0.299. The van der Waals surface area contributed by atoms with E-state index in [1.165, 1.54) is 6.42 Å². The van der Waals surface area contributed by atoms with Crippen molar-refractivity contribution in [1.29, 1.82) is 0 Å². The number of aliphatic hydroxyl groups is 2. The van der Waals surface area contributed by atoms with Crippen LogP contribution in [0.25, 0.3) is 0 Å². The Labute approximate surface area is 91.3 Å². The molecule has 0 aliphatic heterocycles. The maximum atomic E-state index is 9.95. The Balaban J connectivity index is 2.19. The molecule has 0 spiro atoms. The highest BCUT2D eigenvalue weighted by atomic mass is 16.3. The van der Waals surface area contributed by atoms with Crippen molar-refractivity contribution >= 4 is 0 Å². The first-order valence-corrected chi connectivity index (χ1v) is 5.99. The first kappa shape index (κ1) is 10.6. The van der Waals surface area contributed by atoms with Crippen LogP contribution in [0.15, 0.2) is 17.1 Å². The standard InChI is InChI=1S/C13H19O2/c14-12-8-3-1-2-6-10(12)11-7-4-5-9-13(11)15/h11,14-15H,1-8H2. The zero-order valence-corrected chi connectivity index (χ0v) is 9.13. The molecule has 0 bridgehead atoms. The molecule has 0 aromatic heterocycles. The number of hydrogen-bond donors (Lipinski definition) is 2. The van der Waals surface area contributed by atoms with Gasteiger partial charge < -0.3 is 10.2 Å². The third kappa shape index (κ3) is 2.36. The van der Waals surface area contributed by atoms with Gasteiger partial charge in [-0.25, -0.2) is 0 Å². The van der Waals surface area contributed by atoms with Crippen molar-refractivity contribution < 1.29 is 10.2 Å². The molecule has 15 heavy (non-hydrogen) atoms. The molecule has 2 heteroatoms. The van der Waals surface area contributed by atoms with Crippen LogP contribution in [0.4, 0.5) is 0 Å².